The van der Waals surface area contributed by atoms with Gasteiger partial charge >= 0.3 is 0 Å². The SMILES string of the molecule is CCN1CCC(c2ncc(Br)[nH]2)CC1. The lowest BCUT2D eigenvalue weighted by atomic mass is 9.96. The second-order valence-corrected chi connectivity index (χ2v) is 4.68. The van der Waals surface area contributed by atoms with E-state index in [1.54, 1.807) is 0 Å². The summed E-state index contributed by atoms with van der Waals surface area (Å²) in [5.41, 5.74) is 0. The van der Waals surface area contributed by atoms with Gasteiger partial charge in [-0.2, -0.15) is 0 Å². The molecule has 0 bridgehead atoms. The van der Waals surface area contributed by atoms with Gasteiger partial charge in [0.2, 0.25) is 0 Å². The van der Waals surface area contributed by atoms with Crippen LogP contribution in [0.15, 0.2) is 10.8 Å². The van der Waals surface area contributed by atoms with Gasteiger partial charge in [-0.05, 0) is 48.4 Å². The predicted molar refractivity (Wildman–Crippen MR) is 60.4 cm³/mol. The number of halogens is 1. The smallest absolute Gasteiger partial charge is 0.110 e. The highest BCUT2D eigenvalue weighted by atomic mass is 79.9. The zero-order chi connectivity index (χ0) is 9.97. The van der Waals surface area contributed by atoms with Crippen molar-refractivity contribution >= 4 is 15.9 Å². The molecule has 0 amide bonds. The van der Waals surface area contributed by atoms with E-state index in [4.69, 9.17) is 0 Å². The van der Waals surface area contributed by atoms with E-state index < -0.39 is 0 Å². The molecule has 1 aromatic heterocycles. The monoisotopic (exact) mass is 257 g/mol. The molecule has 78 valence electrons. The van der Waals surface area contributed by atoms with Crippen molar-refractivity contribution in [3.8, 4) is 0 Å². The minimum absolute atomic E-state index is 0.629. The summed E-state index contributed by atoms with van der Waals surface area (Å²) in [6, 6.07) is 0. The van der Waals surface area contributed by atoms with Gasteiger partial charge in [-0.25, -0.2) is 4.98 Å². The Labute approximate surface area is 93.0 Å². The number of imidazole rings is 1. The van der Waals surface area contributed by atoms with Gasteiger partial charge in [-0.15, -0.1) is 0 Å². The number of aromatic nitrogens is 2. The van der Waals surface area contributed by atoms with Crippen LogP contribution < -0.4 is 0 Å². The molecule has 0 aliphatic carbocycles. The number of aromatic amines is 1. The van der Waals surface area contributed by atoms with E-state index in [-0.39, 0.29) is 0 Å². The number of likely N-dealkylation sites (tertiary alicyclic amines) is 1. The van der Waals surface area contributed by atoms with Crippen LogP contribution in [0.3, 0.4) is 0 Å². The van der Waals surface area contributed by atoms with Crippen LogP contribution in [0, 0.1) is 0 Å². The van der Waals surface area contributed by atoms with Crippen molar-refractivity contribution in [2.45, 2.75) is 25.7 Å². The predicted octanol–water partition coefficient (Wildman–Crippen LogP) is 2.37. The fourth-order valence-electron chi connectivity index (χ4n) is 2.04. The van der Waals surface area contributed by atoms with Gasteiger partial charge in [0.05, 0.1) is 6.20 Å². The van der Waals surface area contributed by atoms with E-state index >= 15 is 0 Å². The number of hydrogen-bond donors (Lipinski definition) is 1. The van der Waals surface area contributed by atoms with E-state index in [0.717, 1.165) is 10.4 Å². The minimum atomic E-state index is 0.629. The van der Waals surface area contributed by atoms with E-state index in [1.807, 2.05) is 6.20 Å². The molecule has 1 aliphatic heterocycles. The Morgan fingerprint density at radius 1 is 1.57 bits per heavy atom. The summed E-state index contributed by atoms with van der Waals surface area (Å²) < 4.78 is 0.991. The first-order chi connectivity index (χ1) is 6.79. The van der Waals surface area contributed by atoms with Gasteiger partial charge in [0.1, 0.15) is 10.4 Å². The molecule has 1 fully saturated rings. The molecule has 0 aromatic carbocycles. The lowest BCUT2D eigenvalue weighted by Gasteiger charge is -2.29. The molecule has 1 saturated heterocycles. The summed E-state index contributed by atoms with van der Waals surface area (Å²) in [6.45, 7) is 5.82. The van der Waals surface area contributed by atoms with Gasteiger partial charge in [-0.3, -0.25) is 0 Å². The van der Waals surface area contributed by atoms with Crippen molar-refractivity contribution in [2.75, 3.05) is 19.6 Å². The molecule has 0 atom stereocenters. The van der Waals surface area contributed by atoms with Crippen molar-refractivity contribution in [2.24, 2.45) is 0 Å². The number of piperidine rings is 1. The molecule has 0 saturated carbocycles. The summed E-state index contributed by atoms with van der Waals surface area (Å²) in [5.74, 6) is 1.77. The normalized spacial score (nSPS) is 20.1. The zero-order valence-electron chi connectivity index (χ0n) is 8.46. The van der Waals surface area contributed by atoms with E-state index in [9.17, 15) is 0 Å². The second kappa shape index (κ2) is 4.45. The van der Waals surface area contributed by atoms with Crippen LogP contribution in [-0.2, 0) is 0 Å². The zero-order valence-corrected chi connectivity index (χ0v) is 10.0. The lowest BCUT2D eigenvalue weighted by molar-refractivity contribution is 0.219. The Morgan fingerprint density at radius 2 is 2.29 bits per heavy atom. The van der Waals surface area contributed by atoms with Crippen molar-refractivity contribution < 1.29 is 0 Å². The van der Waals surface area contributed by atoms with Gasteiger partial charge in [0.15, 0.2) is 0 Å². The molecule has 0 spiro atoms. The van der Waals surface area contributed by atoms with E-state index in [2.05, 4.69) is 37.7 Å². The molecule has 1 N–H and O–H groups in total. The topological polar surface area (TPSA) is 31.9 Å². The van der Waals surface area contributed by atoms with Crippen LogP contribution in [0.1, 0.15) is 31.5 Å². The molecule has 2 heterocycles. The molecule has 1 aliphatic rings. The Hall–Kier alpha value is -0.350. The quantitative estimate of drug-likeness (QED) is 0.883. The van der Waals surface area contributed by atoms with Crippen LogP contribution in [0.5, 0.6) is 0 Å². The van der Waals surface area contributed by atoms with Crippen LogP contribution in [-0.4, -0.2) is 34.5 Å². The molecule has 0 radical (unpaired) electrons. The molecule has 4 heteroatoms. The number of H-pyrrole nitrogens is 1. The first kappa shape index (κ1) is 10.2. The fourth-order valence-corrected chi connectivity index (χ4v) is 2.35. The lowest BCUT2D eigenvalue weighted by Crippen LogP contribution is -2.32. The molecule has 2 rings (SSSR count). The Kier molecular flexibility index (Phi) is 3.23. The summed E-state index contributed by atoms with van der Waals surface area (Å²) in [6.07, 6.45) is 4.31. The number of nitrogens with one attached hydrogen (secondary N) is 1. The largest absolute Gasteiger partial charge is 0.337 e. The minimum Gasteiger partial charge on any atom is -0.337 e. The first-order valence-corrected chi connectivity index (χ1v) is 6.01. The third-order valence-electron chi connectivity index (χ3n) is 2.99. The molecule has 3 nitrogen and oxygen atoms in total. The van der Waals surface area contributed by atoms with Crippen LogP contribution in [0.2, 0.25) is 0 Å². The average molecular weight is 258 g/mol. The van der Waals surface area contributed by atoms with Crippen LogP contribution in [0.25, 0.3) is 0 Å². The maximum atomic E-state index is 4.37. The summed E-state index contributed by atoms with van der Waals surface area (Å²) >= 11 is 3.40. The third-order valence-corrected chi connectivity index (χ3v) is 3.39. The van der Waals surface area contributed by atoms with Crippen LogP contribution >= 0.6 is 15.9 Å². The number of rotatable bonds is 2. The fraction of sp³-hybridized carbons (Fsp3) is 0.700. The molecular weight excluding hydrogens is 242 g/mol. The Bertz CT molecular complexity index is 289. The van der Waals surface area contributed by atoms with Crippen molar-refractivity contribution in [1.82, 2.24) is 14.9 Å². The maximum Gasteiger partial charge on any atom is 0.110 e. The summed E-state index contributed by atoms with van der Waals surface area (Å²) in [7, 11) is 0. The molecular formula is C10H16BrN3. The van der Waals surface area contributed by atoms with Gasteiger partial charge in [-0.1, -0.05) is 6.92 Å². The van der Waals surface area contributed by atoms with Gasteiger partial charge in [0.25, 0.3) is 0 Å². The highest BCUT2D eigenvalue weighted by molar-refractivity contribution is 9.10. The Morgan fingerprint density at radius 3 is 2.79 bits per heavy atom. The van der Waals surface area contributed by atoms with Crippen molar-refractivity contribution in [1.29, 1.82) is 0 Å². The standard InChI is InChI=1S/C10H16BrN3/c1-2-14-5-3-8(4-6-14)10-12-7-9(11)13-10/h7-8H,2-6H2,1H3,(H,12,13). The van der Waals surface area contributed by atoms with Gasteiger partial charge in [0, 0.05) is 5.92 Å². The van der Waals surface area contributed by atoms with Gasteiger partial charge < -0.3 is 9.88 Å². The van der Waals surface area contributed by atoms with Crippen LogP contribution in [0.4, 0.5) is 0 Å². The highest BCUT2D eigenvalue weighted by Crippen LogP contribution is 2.26. The third kappa shape index (κ3) is 2.17. The molecule has 0 unspecified atom stereocenters. The second-order valence-electron chi connectivity index (χ2n) is 3.82. The molecule has 14 heavy (non-hydrogen) atoms. The summed E-state index contributed by atoms with van der Waals surface area (Å²) in [5, 5.41) is 0. The van der Waals surface area contributed by atoms with E-state index in [1.165, 1.54) is 32.5 Å². The number of nitrogens with zero attached hydrogens (tertiary/aromatic N) is 2. The first-order valence-electron chi connectivity index (χ1n) is 5.22. The summed E-state index contributed by atoms with van der Waals surface area (Å²) in [4.78, 5) is 10.1. The maximum absolute atomic E-state index is 4.37. The van der Waals surface area contributed by atoms with Crippen molar-refractivity contribution in [3.05, 3.63) is 16.6 Å². The average Bonchev–Trinajstić information content (AvgIpc) is 2.65. The van der Waals surface area contributed by atoms with E-state index in [0.29, 0.717) is 5.92 Å². The highest BCUT2D eigenvalue weighted by Gasteiger charge is 2.21. The van der Waals surface area contributed by atoms with Crippen molar-refractivity contribution in [3.63, 3.8) is 0 Å². The number of hydrogen-bond acceptors (Lipinski definition) is 2. The Balaban J connectivity index is 1.95. The molecule has 1 aromatic rings.